The van der Waals surface area contributed by atoms with E-state index in [1.165, 1.54) is 11.4 Å². The van der Waals surface area contributed by atoms with Gasteiger partial charge in [-0.15, -0.1) is 0 Å². The van der Waals surface area contributed by atoms with E-state index in [-0.39, 0.29) is 43.7 Å². The lowest BCUT2D eigenvalue weighted by atomic mass is 10.0. The van der Waals surface area contributed by atoms with E-state index in [2.05, 4.69) is 5.32 Å². The lowest BCUT2D eigenvalue weighted by molar-refractivity contribution is -0.141. The van der Waals surface area contributed by atoms with Crippen molar-refractivity contribution in [1.82, 2.24) is 10.2 Å². The van der Waals surface area contributed by atoms with Crippen LogP contribution in [0.1, 0.15) is 43.4 Å². The Kier molecular flexibility index (Phi) is 12.0. The molecule has 2 amide bonds. The van der Waals surface area contributed by atoms with Crippen molar-refractivity contribution in [2.75, 3.05) is 30.8 Å². The van der Waals surface area contributed by atoms with Gasteiger partial charge in [-0.2, -0.15) is 0 Å². The second kappa shape index (κ2) is 15.4. The molecule has 0 aliphatic heterocycles. The van der Waals surface area contributed by atoms with Crippen LogP contribution in [-0.2, 0) is 32.6 Å². The number of rotatable bonds is 15. The van der Waals surface area contributed by atoms with Gasteiger partial charge in [0.1, 0.15) is 11.8 Å². The van der Waals surface area contributed by atoms with Crippen LogP contribution < -0.4 is 14.4 Å². The van der Waals surface area contributed by atoms with E-state index in [0.29, 0.717) is 24.4 Å². The maximum absolute atomic E-state index is 13.9. The van der Waals surface area contributed by atoms with Crippen LogP contribution in [0.4, 0.5) is 5.69 Å². The zero-order chi connectivity index (χ0) is 30.7. The number of amides is 2. The summed E-state index contributed by atoms with van der Waals surface area (Å²) in [7, 11) is -2.09. The highest BCUT2D eigenvalue weighted by molar-refractivity contribution is 7.92. The Hall–Kier alpha value is -3.85. The zero-order valence-corrected chi connectivity index (χ0v) is 26.1. The van der Waals surface area contributed by atoms with Gasteiger partial charge in [-0.1, -0.05) is 80.1 Å². The first kappa shape index (κ1) is 32.7. The molecule has 3 rings (SSSR count). The summed E-state index contributed by atoms with van der Waals surface area (Å²) in [6.45, 7) is 6.92. The molecule has 0 saturated heterocycles. The highest BCUT2D eigenvalue weighted by Crippen LogP contribution is 2.24. The van der Waals surface area contributed by atoms with Gasteiger partial charge in [-0.25, -0.2) is 8.42 Å². The van der Waals surface area contributed by atoms with Gasteiger partial charge >= 0.3 is 0 Å². The number of hydrogen-bond donors (Lipinski definition) is 1. The Labute approximate surface area is 250 Å². The normalized spacial score (nSPS) is 12.0. The van der Waals surface area contributed by atoms with Crippen LogP contribution >= 0.6 is 0 Å². The van der Waals surface area contributed by atoms with Crippen molar-refractivity contribution >= 4 is 27.5 Å². The summed E-state index contributed by atoms with van der Waals surface area (Å²) >= 11 is 0. The van der Waals surface area contributed by atoms with Crippen molar-refractivity contribution < 1.29 is 22.7 Å². The Morgan fingerprint density at radius 3 is 2.26 bits per heavy atom. The molecule has 0 bridgehead atoms. The summed E-state index contributed by atoms with van der Waals surface area (Å²) in [6, 6.07) is 23.7. The zero-order valence-electron chi connectivity index (χ0n) is 25.2. The van der Waals surface area contributed by atoms with Crippen LogP contribution in [-0.4, -0.2) is 57.6 Å². The maximum Gasteiger partial charge on any atom is 0.243 e. The molecular formula is C33H43N3O5S. The summed E-state index contributed by atoms with van der Waals surface area (Å²) in [6.07, 6.45) is 1.86. The molecule has 42 heavy (non-hydrogen) atoms. The first-order chi connectivity index (χ1) is 20.0. The quantitative estimate of drug-likeness (QED) is 0.269. The van der Waals surface area contributed by atoms with Crippen molar-refractivity contribution in [3.8, 4) is 5.75 Å². The summed E-state index contributed by atoms with van der Waals surface area (Å²) in [5, 5.41) is 3.03. The first-order valence-electron chi connectivity index (χ1n) is 14.3. The van der Waals surface area contributed by atoms with Gasteiger partial charge in [-0.05, 0) is 42.5 Å². The third-order valence-electron chi connectivity index (χ3n) is 6.88. The number of carbonyl (C=O) groups excluding carboxylic acids is 2. The first-order valence-corrected chi connectivity index (χ1v) is 16.1. The molecule has 3 aromatic carbocycles. The Bertz CT molecular complexity index is 1430. The molecule has 0 saturated carbocycles. The van der Waals surface area contributed by atoms with E-state index in [0.717, 1.165) is 22.9 Å². The largest absolute Gasteiger partial charge is 0.497 e. The molecule has 0 fully saturated rings. The minimum Gasteiger partial charge on any atom is -0.497 e. The molecule has 1 atom stereocenters. The number of sulfonamides is 1. The number of ether oxygens (including phenoxy) is 1. The predicted molar refractivity (Wildman–Crippen MR) is 168 cm³/mol. The van der Waals surface area contributed by atoms with Crippen LogP contribution in [0.2, 0.25) is 0 Å². The average Bonchev–Trinajstić information content (AvgIpc) is 2.95. The number of nitrogens with one attached hydrogen (secondary N) is 1. The number of hydrogen-bond acceptors (Lipinski definition) is 5. The molecule has 0 aliphatic carbocycles. The van der Waals surface area contributed by atoms with Crippen molar-refractivity contribution in [3.05, 3.63) is 95.6 Å². The number of aryl methyl sites for hydroxylation is 1. The summed E-state index contributed by atoms with van der Waals surface area (Å²) in [5.74, 6) is 0.377. The second-order valence-electron chi connectivity index (χ2n) is 11.0. The SMILES string of the molecule is COc1cccc(N(CCCC(=O)N(Cc2cccc(C)c2)[C@H](Cc2ccccc2)C(=O)NCC(C)C)S(C)(=O)=O)c1. The lowest BCUT2D eigenvalue weighted by Crippen LogP contribution is -2.51. The van der Waals surface area contributed by atoms with E-state index >= 15 is 0 Å². The van der Waals surface area contributed by atoms with E-state index in [1.807, 2.05) is 75.4 Å². The van der Waals surface area contributed by atoms with Crippen molar-refractivity contribution in [2.24, 2.45) is 5.92 Å². The Morgan fingerprint density at radius 2 is 1.62 bits per heavy atom. The molecule has 8 nitrogen and oxygen atoms in total. The van der Waals surface area contributed by atoms with E-state index in [9.17, 15) is 18.0 Å². The molecule has 9 heteroatoms. The maximum atomic E-state index is 13.9. The number of carbonyl (C=O) groups is 2. The number of benzene rings is 3. The highest BCUT2D eigenvalue weighted by atomic mass is 32.2. The highest BCUT2D eigenvalue weighted by Gasteiger charge is 2.30. The minimum absolute atomic E-state index is 0.0740. The fourth-order valence-electron chi connectivity index (χ4n) is 4.75. The third-order valence-corrected chi connectivity index (χ3v) is 8.08. The number of nitrogens with zero attached hydrogens (tertiary/aromatic N) is 2. The molecular weight excluding hydrogens is 550 g/mol. The summed E-state index contributed by atoms with van der Waals surface area (Å²) in [4.78, 5) is 29.2. The predicted octanol–water partition coefficient (Wildman–Crippen LogP) is 4.96. The van der Waals surface area contributed by atoms with E-state index in [1.54, 1.807) is 29.2 Å². The molecule has 0 aliphatic rings. The smallest absolute Gasteiger partial charge is 0.243 e. The molecule has 0 aromatic heterocycles. The monoisotopic (exact) mass is 593 g/mol. The Balaban J connectivity index is 1.88. The second-order valence-corrected chi connectivity index (χ2v) is 12.9. The van der Waals surface area contributed by atoms with Gasteiger partial charge in [0.05, 0.1) is 19.1 Å². The third kappa shape index (κ3) is 9.91. The van der Waals surface area contributed by atoms with Gasteiger partial charge < -0.3 is 15.0 Å². The van der Waals surface area contributed by atoms with Crippen LogP contribution in [0.15, 0.2) is 78.9 Å². The van der Waals surface area contributed by atoms with Crippen LogP contribution in [0.3, 0.4) is 0 Å². The number of anilines is 1. The van der Waals surface area contributed by atoms with Crippen molar-refractivity contribution in [3.63, 3.8) is 0 Å². The summed E-state index contributed by atoms with van der Waals surface area (Å²) < 4.78 is 31.9. The van der Waals surface area contributed by atoms with Crippen LogP contribution in [0, 0.1) is 12.8 Å². The summed E-state index contributed by atoms with van der Waals surface area (Å²) in [5.41, 5.74) is 3.40. The molecule has 0 radical (unpaired) electrons. The molecule has 0 heterocycles. The van der Waals surface area contributed by atoms with Gasteiger partial charge in [0.15, 0.2) is 0 Å². The fourth-order valence-corrected chi connectivity index (χ4v) is 5.71. The molecule has 0 unspecified atom stereocenters. The molecule has 0 spiro atoms. The van der Waals surface area contributed by atoms with E-state index in [4.69, 9.17) is 4.74 Å². The van der Waals surface area contributed by atoms with Gasteiger partial charge in [0.2, 0.25) is 21.8 Å². The fraction of sp³-hybridized carbons (Fsp3) is 0.394. The Morgan fingerprint density at radius 1 is 0.929 bits per heavy atom. The van der Waals surface area contributed by atoms with Gasteiger partial charge in [0.25, 0.3) is 0 Å². The minimum atomic E-state index is -3.61. The molecule has 226 valence electrons. The van der Waals surface area contributed by atoms with Crippen LogP contribution in [0.25, 0.3) is 0 Å². The average molecular weight is 594 g/mol. The topological polar surface area (TPSA) is 96.0 Å². The van der Waals surface area contributed by atoms with Crippen molar-refractivity contribution in [1.29, 1.82) is 0 Å². The van der Waals surface area contributed by atoms with Gasteiger partial charge in [-0.3, -0.25) is 13.9 Å². The molecule has 1 N–H and O–H groups in total. The van der Waals surface area contributed by atoms with Crippen LogP contribution in [0.5, 0.6) is 5.75 Å². The lowest BCUT2D eigenvalue weighted by Gasteiger charge is -2.32. The van der Waals surface area contributed by atoms with Crippen molar-refractivity contribution in [2.45, 2.75) is 52.6 Å². The van der Waals surface area contributed by atoms with E-state index < -0.39 is 16.1 Å². The van der Waals surface area contributed by atoms with Gasteiger partial charge in [0, 0.05) is 38.5 Å². The standard InChI is InChI=1S/C33H43N3O5S/c1-25(2)23-34-33(38)31(21-27-13-7-6-8-14-27)35(24-28-15-9-12-26(3)20-28)32(37)18-11-19-36(42(5,39)40)29-16-10-17-30(22-29)41-4/h6-10,12-17,20,22,25,31H,11,18-19,21,23-24H2,1-5H3,(H,34,38)/t31-/m1/s1. The molecule has 3 aromatic rings. The number of methoxy groups -OCH3 is 1.